The van der Waals surface area contributed by atoms with E-state index in [-0.39, 0.29) is 17.3 Å². The van der Waals surface area contributed by atoms with E-state index >= 15 is 0 Å². The zero-order chi connectivity index (χ0) is 11.4. The van der Waals surface area contributed by atoms with Crippen LogP contribution in [0.15, 0.2) is 23.1 Å². The number of carboxylic acids is 1. The molecular formula is C9H11NO4S. The Kier molecular flexibility index (Phi) is 3.81. The topological polar surface area (TPSA) is 104 Å². The Balaban J connectivity index is 2.58. The third-order valence-corrected chi connectivity index (χ3v) is 2.81. The second kappa shape index (κ2) is 4.90. The van der Waals surface area contributed by atoms with Crippen LogP contribution in [0.25, 0.3) is 0 Å². The zero-order valence-corrected chi connectivity index (χ0v) is 8.57. The van der Waals surface area contributed by atoms with Gasteiger partial charge in [-0.2, -0.15) is 0 Å². The van der Waals surface area contributed by atoms with Gasteiger partial charge in [-0.3, -0.25) is 4.79 Å². The summed E-state index contributed by atoms with van der Waals surface area (Å²) in [6.45, 7) is 0. The highest BCUT2D eigenvalue weighted by Gasteiger charge is 2.11. The second-order valence-corrected chi connectivity index (χ2v) is 4.00. The van der Waals surface area contributed by atoms with Gasteiger partial charge >= 0.3 is 5.97 Å². The number of nitrogens with two attached hydrogens (primary N) is 1. The lowest BCUT2D eigenvalue weighted by molar-refractivity contribution is -0.137. The molecule has 5 nitrogen and oxygen atoms in total. The van der Waals surface area contributed by atoms with E-state index in [0.717, 1.165) is 0 Å². The maximum atomic E-state index is 10.4. The molecule has 0 aliphatic rings. The molecule has 1 rings (SSSR count). The van der Waals surface area contributed by atoms with E-state index in [4.69, 9.17) is 21.1 Å². The summed E-state index contributed by atoms with van der Waals surface area (Å²) in [6, 6.07) is 3.33. The molecule has 5 N–H and O–H groups in total. The molecule has 0 unspecified atom stereocenters. The van der Waals surface area contributed by atoms with Crippen molar-refractivity contribution in [2.75, 3.05) is 5.75 Å². The minimum atomic E-state index is -1.06. The van der Waals surface area contributed by atoms with Gasteiger partial charge in [0.2, 0.25) is 0 Å². The largest absolute Gasteiger partial charge is 0.504 e. The molecule has 1 atom stereocenters. The van der Waals surface area contributed by atoms with Crippen LogP contribution in [0.4, 0.5) is 0 Å². The highest BCUT2D eigenvalue weighted by atomic mass is 32.2. The minimum absolute atomic E-state index is 0.207. The van der Waals surface area contributed by atoms with E-state index in [1.54, 1.807) is 6.07 Å². The van der Waals surface area contributed by atoms with Gasteiger partial charge in [-0.05, 0) is 18.2 Å². The van der Waals surface area contributed by atoms with Crippen LogP contribution in [-0.4, -0.2) is 33.1 Å². The van der Waals surface area contributed by atoms with Crippen LogP contribution in [0.2, 0.25) is 0 Å². The molecule has 0 saturated heterocycles. The first-order valence-corrected chi connectivity index (χ1v) is 5.12. The smallest absolute Gasteiger partial charge is 0.321 e. The number of phenolic OH excluding ortho intramolecular Hbond substituents is 2. The number of thioether (sulfide) groups is 1. The van der Waals surface area contributed by atoms with Gasteiger partial charge in [0.25, 0.3) is 0 Å². The van der Waals surface area contributed by atoms with Crippen molar-refractivity contribution in [2.45, 2.75) is 10.9 Å². The molecule has 0 heterocycles. The van der Waals surface area contributed by atoms with Crippen molar-refractivity contribution in [2.24, 2.45) is 5.73 Å². The first-order valence-electron chi connectivity index (χ1n) is 4.14. The number of carbonyl (C=O) groups is 1. The molecule has 1 aromatic carbocycles. The van der Waals surface area contributed by atoms with Crippen LogP contribution in [0.5, 0.6) is 11.5 Å². The van der Waals surface area contributed by atoms with E-state index in [0.29, 0.717) is 4.90 Å². The average Bonchev–Trinajstić information content (AvgIpc) is 2.19. The number of aromatic hydroxyl groups is 2. The van der Waals surface area contributed by atoms with Crippen molar-refractivity contribution in [1.82, 2.24) is 0 Å². The molecule has 15 heavy (non-hydrogen) atoms. The normalized spacial score (nSPS) is 12.3. The molecular weight excluding hydrogens is 218 g/mol. The molecule has 0 aliphatic carbocycles. The summed E-state index contributed by atoms with van der Waals surface area (Å²) in [5.74, 6) is -1.30. The molecule has 0 aliphatic heterocycles. The minimum Gasteiger partial charge on any atom is -0.504 e. The number of rotatable bonds is 4. The SMILES string of the molecule is N[C@@H](CSc1ccc(O)c(O)c1)C(=O)O. The molecule has 0 fully saturated rings. The maximum Gasteiger partial charge on any atom is 0.321 e. The molecule has 0 saturated carbocycles. The molecule has 0 amide bonds. The summed E-state index contributed by atoms with van der Waals surface area (Å²) in [4.78, 5) is 11.1. The fourth-order valence-corrected chi connectivity index (χ4v) is 1.72. The summed E-state index contributed by atoms with van der Waals surface area (Å²) in [5.41, 5.74) is 5.30. The molecule has 0 spiro atoms. The lowest BCUT2D eigenvalue weighted by Gasteiger charge is -2.06. The lowest BCUT2D eigenvalue weighted by atomic mass is 10.3. The number of carboxylic acid groups (broad SMARTS) is 1. The predicted octanol–water partition coefficient (Wildman–Crippen LogP) is 0.602. The number of benzene rings is 1. The Hall–Kier alpha value is -1.40. The maximum absolute atomic E-state index is 10.4. The molecule has 1 aromatic rings. The van der Waals surface area contributed by atoms with Gasteiger partial charge in [-0.1, -0.05) is 0 Å². The van der Waals surface area contributed by atoms with Gasteiger partial charge in [0.1, 0.15) is 6.04 Å². The van der Waals surface area contributed by atoms with Gasteiger partial charge in [0.05, 0.1) is 0 Å². The predicted molar refractivity (Wildman–Crippen MR) is 56.1 cm³/mol. The molecule has 0 aromatic heterocycles. The van der Waals surface area contributed by atoms with Gasteiger partial charge in [0.15, 0.2) is 11.5 Å². The van der Waals surface area contributed by atoms with Crippen LogP contribution < -0.4 is 5.73 Å². The summed E-state index contributed by atoms with van der Waals surface area (Å²) in [7, 11) is 0. The van der Waals surface area contributed by atoms with E-state index in [9.17, 15) is 4.79 Å². The Morgan fingerprint density at radius 1 is 1.40 bits per heavy atom. The van der Waals surface area contributed by atoms with Gasteiger partial charge in [0, 0.05) is 10.6 Å². The average molecular weight is 229 g/mol. The first kappa shape index (κ1) is 11.7. The first-order chi connectivity index (χ1) is 7.00. The zero-order valence-electron chi connectivity index (χ0n) is 7.75. The van der Waals surface area contributed by atoms with Crippen LogP contribution in [0, 0.1) is 0 Å². The summed E-state index contributed by atoms with van der Waals surface area (Å²) < 4.78 is 0. The second-order valence-electron chi connectivity index (χ2n) is 2.91. The van der Waals surface area contributed by atoms with E-state index in [1.165, 1.54) is 23.9 Å². The standard InChI is InChI=1S/C9H11NO4S/c10-6(9(13)14)4-15-5-1-2-7(11)8(12)3-5/h1-3,6,11-12H,4,10H2,(H,13,14)/t6-/m0/s1. The Morgan fingerprint density at radius 2 is 2.07 bits per heavy atom. The molecule has 0 radical (unpaired) electrons. The van der Waals surface area contributed by atoms with Crippen molar-refractivity contribution in [3.05, 3.63) is 18.2 Å². The van der Waals surface area contributed by atoms with Crippen molar-refractivity contribution in [3.8, 4) is 11.5 Å². The Labute approximate surface area is 90.5 Å². The van der Waals surface area contributed by atoms with Crippen molar-refractivity contribution >= 4 is 17.7 Å². The van der Waals surface area contributed by atoms with Crippen molar-refractivity contribution in [1.29, 1.82) is 0 Å². The number of aliphatic carboxylic acids is 1. The highest BCUT2D eigenvalue weighted by Crippen LogP contribution is 2.29. The Morgan fingerprint density at radius 3 is 2.60 bits per heavy atom. The summed E-state index contributed by atoms with van der Waals surface area (Å²) in [5, 5.41) is 26.7. The number of hydrogen-bond donors (Lipinski definition) is 4. The summed E-state index contributed by atoms with van der Waals surface area (Å²) >= 11 is 1.20. The van der Waals surface area contributed by atoms with Crippen LogP contribution in [0.1, 0.15) is 0 Å². The van der Waals surface area contributed by atoms with Gasteiger partial charge < -0.3 is 21.1 Å². The fraction of sp³-hybridized carbons (Fsp3) is 0.222. The van der Waals surface area contributed by atoms with Crippen LogP contribution in [0.3, 0.4) is 0 Å². The number of phenols is 2. The van der Waals surface area contributed by atoms with Gasteiger partial charge in [-0.15, -0.1) is 11.8 Å². The number of hydrogen-bond acceptors (Lipinski definition) is 5. The quantitative estimate of drug-likeness (QED) is 0.445. The Bertz CT molecular complexity index is 369. The van der Waals surface area contributed by atoms with E-state index in [1.807, 2.05) is 0 Å². The fourth-order valence-electron chi connectivity index (χ4n) is 0.850. The monoisotopic (exact) mass is 229 g/mol. The molecule has 0 bridgehead atoms. The van der Waals surface area contributed by atoms with Crippen LogP contribution >= 0.6 is 11.8 Å². The molecule has 82 valence electrons. The highest BCUT2D eigenvalue weighted by molar-refractivity contribution is 7.99. The van der Waals surface area contributed by atoms with E-state index < -0.39 is 12.0 Å². The van der Waals surface area contributed by atoms with Crippen molar-refractivity contribution < 1.29 is 20.1 Å². The van der Waals surface area contributed by atoms with Crippen LogP contribution in [-0.2, 0) is 4.79 Å². The van der Waals surface area contributed by atoms with Gasteiger partial charge in [-0.25, -0.2) is 0 Å². The third kappa shape index (κ3) is 3.34. The molecule has 6 heteroatoms. The van der Waals surface area contributed by atoms with Crippen molar-refractivity contribution in [3.63, 3.8) is 0 Å². The third-order valence-electron chi connectivity index (χ3n) is 1.69. The summed E-state index contributed by atoms with van der Waals surface area (Å²) in [6.07, 6.45) is 0. The lowest BCUT2D eigenvalue weighted by Crippen LogP contribution is -2.32. The van der Waals surface area contributed by atoms with E-state index in [2.05, 4.69) is 0 Å².